The molecule has 17 heavy (non-hydrogen) atoms. The third-order valence-corrected chi connectivity index (χ3v) is 3.79. The molecule has 0 unspecified atom stereocenters. The number of aromatic nitrogens is 1. The van der Waals surface area contributed by atoms with Crippen molar-refractivity contribution in [2.24, 2.45) is 0 Å². The zero-order valence-corrected chi connectivity index (χ0v) is 9.29. The second-order valence-corrected chi connectivity index (χ2v) is 5.04. The summed E-state index contributed by atoms with van der Waals surface area (Å²) in [5.41, 5.74) is -0.150. The summed E-state index contributed by atoms with van der Waals surface area (Å²) in [4.78, 5) is 9.85. The second-order valence-electron chi connectivity index (χ2n) is 3.20. The maximum absolute atomic E-state index is 11.9. The normalized spacial score (nSPS) is 11.3. The maximum atomic E-state index is 11.9. The molecule has 6 nitrogen and oxygen atoms in total. The van der Waals surface area contributed by atoms with Gasteiger partial charge in [0.15, 0.2) is 0 Å². The van der Waals surface area contributed by atoms with Gasteiger partial charge in [0.05, 0.1) is 9.82 Å². The molecule has 0 aliphatic heterocycles. The lowest BCUT2D eigenvalue weighted by atomic mass is 10.3. The molecular weight excluding hydrogens is 244 g/mol. The van der Waals surface area contributed by atoms with Crippen molar-refractivity contribution in [2.75, 3.05) is 0 Å². The summed E-state index contributed by atoms with van der Waals surface area (Å²) < 4.78 is 24.9. The molecular formula is C10H7N2O4S. The van der Waals surface area contributed by atoms with Gasteiger partial charge in [-0.2, -0.15) is 0 Å². The lowest BCUT2D eigenvalue weighted by Crippen LogP contribution is -2.10. The number of non-ortho nitro benzene ring substituents is 1. The first-order chi connectivity index (χ1) is 8.01. The van der Waals surface area contributed by atoms with Crippen LogP contribution in [0.5, 0.6) is 0 Å². The third kappa shape index (κ3) is 2.04. The van der Waals surface area contributed by atoms with E-state index in [1.54, 1.807) is 0 Å². The minimum Gasteiger partial charge on any atom is -0.258 e. The Bertz CT molecular complexity index is 629. The van der Waals surface area contributed by atoms with E-state index < -0.39 is 14.9 Å². The van der Waals surface area contributed by atoms with Crippen LogP contribution in [-0.4, -0.2) is 17.3 Å². The van der Waals surface area contributed by atoms with Gasteiger partial charge in [0.1, 0.15) is 0 Å². The first kappa shape index (κ1) is 11.3. The average Bonchev–Trinajstić information content (AvgIpc) is 2.83. The smallest absolute Gasteiger partial charge is 0.258 e. The van der Waals surface area contributed by atoms with E-state index in [4.69, 9.17) is 0 Å². The van der Waals surface area contributed by atoms with E-state index in [0.29, 0.717) is 0 Å². The van der Waals surface area contributed by atoms with Crippen LogP contribution in [0.2, 0.25) is 0 Å². The van der Waals surface area contributed by atoms with Crippen LogP contribution in [0.1, 0.15) is 0 Å². The van der Waals surface area contributed by atoms with Crippen LogP contribution in [-0.2, 0) is 10.0 Å². The van der Waals surface area contributed by atoms with Gasteiger partial charge in [0.25, 0.3) is 15.7 Å². The molecule has 1 aromatic carbocycles. The molecule has 0 amide bonds. The molecule has 0 saturated heterocycles. The van der Waals surface area contributed by atoms with Crippen LogP contribution in [0.4, 0.5) is 5.69 Å². The van der Waals surface area contributed by atoms with Gasteiger partial charge in [-0.05, 0) is 18.2 Å². The molecule has 0 bridgehead atoms. The van der Waals surface area contributed by atoms with Crippen LogP contribution in [0.3, 0.4) is 0 Å². The quantitative estimate of drug-likeness (QED) is 0.610. The molecule has 0 fully saturated rings. The Balaban J connectivity index is 2.45. The molecule has 0 atom stereocenters. The van der Waals surface area contributed by atoms with Crippen molar-refractivity contribution < 1.29 is 13.3 Å². The highest BCUT2D eigenvalue weighted by Crippen LogP contribution is 2.18. The highest BCUT2D eigenvalue weighted by Gasteiger charge is 2.16. The molecule has 0 N–H and O–H groups in total. The fourth-order valence-electron chi connectivity index (χ4n) is 1.29. The Kier molecular flexibility index (Phi) is 2.68. The topological polar surface area (TPSA) is 82.2 Å². The summed E-state index contributed by atoms with van der Waals surface area (Å²) in [5.74, 6) is 0. The largest absolute Gasteiger partial charge is 0.269 e. The van der Waals surface area contributed by atoms with Crippen molar-refractivity contribution in [3.05, 3.63) is 58.9 Å². The monoisotopic (exact) mass is 251 g/mol. The van der Waals surface area contributed by atoms with Crippen LogP contribution in [0, 0.1) is 16.2 Å². The summed E-state index contributed by atoms with van der Waals surface area (Å²) >= 11 is 0. The lowest BCUT2D eigenvalue weighted by molar-refractivity contribution is -0.384. The van der Waals surface area contributed by atoms with E-state index in [2.05, 4.69) is 6.07 Å². The Morgan fingerprint density at radius 2 is 1.88 bits per heavy atom. The SMILES string of the molecule is O=[N+]([O-])c1ccc(S(=O)(=O)n2c[c]cc2)cc1. The van der Waals surface area contributed by atoms with Crippen molar-refractivity contribution in [2.45, 2.75) is 4.90 Å². The molecule has 0 saturated carbocycles. The first-order valence-electron chi connectivity index (χ1n) is 4.56. The van der Waals surface area contributed by atoms with Crippen molar-refractivity contribution >= 4 is 15.7 Å². The molecule has 7 heteroatoms. The Morgan fingerprint density at radius 1 is 1.24 bits per heavy atom. The molecule has 0 spiro atoms. The number of benzene rings is 1. The number of nitro groups is 1. The van der Waals surface area contributed by atoms with E-state index >= 15 is 0 Å². The van der Waals surface area contributed by atoms with Gasteiger partial charge in [0, 0.05) is 30.6 Å². The Morgan fingerprint density at radius 3 is 2.35 bits per heavy atom. The number of rotatable bonds is 3. The van der Waals surface area contributed by atoms with Gasteiger partial charge < -0.3 is 0 Å². The maximum Gasteiger partial charge on any atom is 0.269 e. The van der Waals surface area contributed by atoms with Crippen LogP contribution < -0.4 is 0 Å². The summed E-state index contributed by atoms with van der Waals surface area (Å²) in [6.07, 6.45) is 2.62. The molecule has 1 aromatic heterocycles. The lowest BCUT2D eigenvalue weighted by Gasteiger charge is -2.04. The third-order valence-electron chi connectivity index (χ3n) is 2.14. The molecule has 1 radical (unpaired) electrons. The minimum atomic E-state index is -3.68. The zero-order chi connectivity index (χ0) is 12.5. The van der Waals surface area contributed by atoms with Gasteiger partial charge in [-0.15, -0.1) is 0 Å². The van der Waals surface area contributed by atoms with E-state index in [0.717, 1.165) is 16.1 Å². The highest BCUT2D eigenvalue weighted by atomic mass is 32.2. The number of nitrogens with zero attached hydrogens (tertiary/aromatic N) is 2. The van der Waals surface area contributed by atoms with Crippen LogP contribution in [0.15, 0.2) is 47.6 Å². The standard InChI is InChI=1S/C10H7N2O4S/c13-12(14)9-3-5-10(6-4-9)17(15,16)11-7-1-2-8-11/h1,3-8H. The predicted octanol–water partition coefficient (Wildman–Crippen LogP) is 1.43. The second kappa shape index (κ2) is 4.02. The van der Waals surface area contributed by atoms with E-state index in [9.17, 15) is 18.5 Å². The van der Waals surface area contributed by atoms with Crippen LogP contribution in [0.25, 0.3) is 0 Å². The van der Waals surface area contributed by atoms with E-state index in [-0.39, 0.29) is 10.6 Å². The number of nitro benzene ring substituents is 1. The van der Waals surface area contributed by atoms with Crippen molar-refractivity contribution in [3.8, 4) is 0 Å². The Hall–Kier alpha value is -2.15. The van der Waals surface area contributed by atoms with Gasteiger partial charge in [-0.25, -0.2) is 12.4 Å². The highest BCUT2D eigenvalue weighted by molar-refractivity contribution is 7.90. The number of hydrogen-bond donors (Lipinski definition) is 0. The average molecular weight is 251 g/mol. The summed E-state index contributed by atoms with van der Waals surface area (Å²) in [5, 5.41) is 10.4. The molecule has 2 aromatic rings. The predicted molar refractivity (Wildman–Crippen MR) is 58.9 cm³/mol. The summed E-state index contributed by atoms with van der Waals surface area (Å²) in [6.45, 7) is 0. The number of hydrogen-bond acceptors (Lipinski definition) is 4. The van der Waals surface area contributed by atoms with Gasteiger partial charge in [-0.1, -0.05) is 0 Å². The molecule has 2 rings (SSSR count). The molecule has 1 heterocycles. The van der Waals surface area contributed by atoms with Crippen molar-refractivity contribution in [1.82, 2.24) is 3.97 Å². The van der Waals surface area contributed by atoms with Crippen LogP contribution >= 0.6 is 0 Å². The Labute approximate surface area is 97.3 Å². The van der Waals surface area contributed by atoms with E-state index in [1.165, 1.54) is 30.6 Å². The van der Waals surface area contributed by atoms with Gasteiger partial charge in [0.2, 0.25) is 0 Å². The molecule has 0 aliphatic carbocycles. The molecule has 0 aliphatic rings. The van der Waals surface area contributed by atoms with Crippen molar-refractivity contribution in [1.29, 1.82) is 0 Å². The first-order valence-corrected chi connectivity index (χ1v) is 6.00. The summed E-state index contributed by atoms with van der Waals surface area (Å²) in [6, 6.07) is 8.78. The van der Waals surface area contributed by atoms with E-state index in [1.807, 2.05) is 0 Å². The fraction of sp³-hybridized carbons (Fsp3) is 0. The summed E-state index contributed by atoms with van der Waals surface area (Å²) in [7, 11) is -3.68. The minimum absolute atomic E-state index is 0.00676. The van der Waals surface area contributed by atoms with Crippen molar-refractivity contribution in [3.63, 3.8) is 0 Å². The van der Waals surface area contributed by atoms with Gasteiger partial charge >= 0.3 is 0 Å². The molecule has 87 valence electrons. The van der Waals surface area contributed by atoms with Gasteiger partial charge in [-0.3, -0.25) is 10.1 Å². The zero-order valence-electron chi connectivity index (χ0n) is 8.48. The fourth-order valence-corrected chi connectivity index (χ4v) is 2.43.